The van der Waals surface area contributed by atoms with E-state index in [1.54, 1.807) is 0 Å². The number of alkyl halides is 5. The van der Waals surface area contributed by atoms with Gasteiger partial charge in [-0.3, -0.25) is 14.9 Å². The van der Waals surface area contributed by atoms with Crippen LogP contribution in [-0.2, 0) is 0 Å². The number of carbonyl (C=O) groups is 1. The molecule has 0 aliphatic heterocycles. The number of halogens is 7. The number of nitro benzene ring substituents is 1. The monoisotopic (exact) mass is 333 g/mol. The molecule has 0 spiro atoms. The number of ketones is 1. The van der Waals surface area contributed by atoms with Gasteiger partial charge in [0.25, 0.3) is 0 Å². The zero-order valence-electron chi connectivity index (χ0n) is 10.4. The van der Waals surface area contributed by atoms with Gasteiger partial charge < -0.3 is 0 Å². The summed E-state index contributed by atoms with van der Waals surface area (Å²) in [5, 5.41) is 10.4. The first-order chi connectivity index (χ1) is 9.88. The van der Waals surface area contributed by atoms with Crippen LogP contribution in [-0.4, -0.2) is 22.8 Å². The normalized spacial score (nSPS) is 12.3. The Hall–Kier alpha value is -2.20. The summed E-state index contributed by atoms with van der Waals surface area (Å²) < 4.78 is 87.9. The van der Waals surface area contributed by atoms with Gasteiger partial charge in [-0.05, 0) is 6.07 Å². The first-order valence-electron chi connectivity index (χ1n) is 5.48. The molecule has 0 amide bonds. The second kappa shape index (κ2) is 5.89. The Morgan fingerprint density at radius 3 is 2.14 bits per heavy atom. The molecule has 0 aliphatic carbocycles. The van der Waals surface area contributed by atoms with E-state index in [-0.39, 0.29) is 0 Å². The van der Waals surface area contributed by atoms with Crippen LogP contribution in [0, 0.1) is 21.7 Å². The maximum absolute atomic E-state index is 13.6. The molecule has 0 fully saturated rings. The smallest absolute Gasteiger partial charge is 0.294 e. The van der Waals surface area contributed by atoms with Crippen LogP contribution in [0.5, 0.6) is 0 Å². The molecule has 0 aliphatic rings. The van der Waals surface area contributed by atoms with Crippen molar-refractivity contribution in [2.45, 2.75) is 24.9 Å². The Labute approximate surface area is 117 Å². The van der Waals surface area contributed by atoms with Gasteiger partial charge in [0.15, 0.2) is 5.78 Å². The van der Waals surface area contributed by atoms with E-state index in [0.29, 0.717) is 12.1 Å². The van der Waals surface area contributed by atoms with Gasteiger partial charge in [-0.15, -0.1) is 0 Å². The average Bonchev–Trinajstić information content (AvgIpc) is 2.34. The fourth-order valence-electron chi connectivity index (χ4n) is 1.48. The highest BCUT2D eigenvalue weighted by Crippen LogP contribution is 2.39. The third-order valence-electron chi connectivity index (χ3n) is 2.63. The molecule has 1 rings (SSSR count). The van der Waals surface area contributed by atoms with Gasteiger partial charge in [0.1, 0.15) is 5.82 Å². The molecule has 11 heteroatoms. The minimum absolute atomic E-state index is 0.344. The van der Waals surface area contributed by atoms with E-state index in [4.69, 9.17) is 0 Å². The molecule has 0 saturated heterocycles. The Kier molecular flexibility index (Phi) is 4.78. The largest absolute Gasteiger partial charge is 0.453 e. The molecule has 0 aromatic heterocycles. The summed E-state index contributed by atoms with van der Waals surface area (Å²) in [6.45, 7) is 0. The van der Waals surface area contributed by atoms with Gasteiger partial charge in [-0.25, -0.2) is 4.39 Å². The molecule has 4 nitrogen and oxygen atoms in total. The maximum Gasteiger partial charge on any atom is 0.453 e. The summed E-state index contributed by atoms with van der Waals surface area (Å²) in [4.78, 5) is 20.6. The summed E-state index contributed by atoms with van der Waals surface area (Å²) in [6.07, 6.45) is -9.49. The lowest BCUT2D eigenvalue weighted by molar-refractivity contribution is -0.387. The molecule has 0 saturated carbocycles. The molecule has 0 radical (unpaired) electrons. The summed E-state index contributed by atoms with van der Waals surface area (Å²) in [6, 6.07) is 0.738. The van der Waals surface area contributed by atoms with Gasteiger partial charge >= 0.3 is 17.8 Å². The predicted octanol–water partition coefficient (Wildman–Crippen LogP) is 4.03. The Morgan fingerprint density at radius 1 is 1.14 bits per heavy atom. The SMILES string of the molecule is O=C(CCC(F)(F)C(F)(F)F)c1c(F)ccc([N+](=O)[O-])c1F. The zero-order chi connectivity index (χ0) is 17.3. The second-order valence-electron chi connectivity index (χ2n) is 4.14. The fourth-order valence-corrected chi connectivity index (χ4v) is 1.48. The van der Waals surface area contributed by atoms with E-state index in [0.717, 1.165) is 0 Å². The molecular formula is C11H6F7NO3. The molecule has 0 N–H and O–H groups in total. The van der Waals surface area contributed by atoms with Crippen LogP contribution in [0.25, 0.3) is 0 Å². The molecular weight excluding hydrogens is 327 g/mol. The molecule has 1 aromatic carbocycles. The van der Waals surface area contributed by atoms with E-state index < -0.39 is 58.5 Å². The van der Waals surface area contributed by atoms with Crippen LogP contribution in [0.1, 0.15) is 23.2 Å². The number of Topliss-reactive ketones (excluding diaryl/α,β-unsaturated/α-hetero) is 1. The average molecular weight is 333 g/mol. The molecule has 0 bridgehead atoms. The molecule has 22 heavy (non-hydrogen) atoms. The van der Waals surface area contributed by atoms with Crippen LogP contribution in [0.3, 0.4) is 0 Å². The van der Waals surface area contributed by atoms with E-state index in [1.165, 1.54) is 0 Å². The highest BCUT2D eigenvalue weighted by molar-refractivity contribution is 5.97. The third kappa shape index (κ3) is 3.52. The summed E-state index contributed by atoms with van der Waals surface area (Å²) in [5.74, 6) is -10.5. The fraction of sp³-hybridized carbons (Fsp3) is 0.364. The lowest BCUT2D eigenvalue weighted by Crippen LogP contribution is -2.36. The van der Waals surface area contributed by atoms with Crippen LogP contribution in [0.2, 0.25) is 0 Å². The number of hydrogen-bond donors (Lipinski definition) is 0. The van der Waals surface area contributed by atoms with E-state index in [1.807, 2.05) is 0 Å². The van der Waals surface area contributed by atoms with Gasteiger partial charge in [0.05, 0.1) is 10.5 Å². The maximum atomic E-state index is 13.6. The summed E-state index contributed by atoms with van der Waals surface area (Å²) >= 11 is 0. The number of nitrogens with zero attached hydrogens (tertiary/aromatic N) is 1. The van der Waals surface area contributed by atoms with Crippen LogP contribution in [0.15, 0.2) is 12.1 Å². The minimum Gasteiger partial charge on any atom is -0.294 e. The molecule has 0 atom stereocenters. The lowest BCUT2D eigenvalue weighted by Gasteiger charge is -2.18. The molecule has 1 aromatic rings. The Morgan fingerprint density at radius 2 is 1.68 bits per heavy atom. The van der Waals surface area contributed by atoms with Gasteiger partial charge in [-0.2, -0.15) is 26.3 Å². The molecule has 0 unspecified atom stereocenters. The Bertz CT molecular complexity index is 612. The number of hydrogen-bond acceptors (Lipinski definition) is 3. The van der Waals surface area contributed by atoms with Gasteiger partial charge in [0.2, 0.25) is 5.82 Å². The van der Waals surface area contributed by atoms with Crippen LogP contribution >= 0.6 is 0 Å². The first-order valence-corrected chi connectivity index (χ1v) is 5.48. The number of rotatable bonds is 5. The van der Waals surface area contributed by atoms with Crippen molar-refractivity contribution in [3.8, 4) is 0 Å². The highest BCUT2D eigenvalue weighted by atomic mass is 19.4. The molecule has 0 heterocycles. The van der Waals surface area contributed by atoms with Crippen molar-refractivity contribution in [3.05, 3.63) is 39.4 Å². The zero-order valence-corrected chi connectivity index (χ0v) is 10.4. The highest BCUT2D eigenvalue weighted by Gasteiger charge is 2.57. The quantitative estimate of drug-likeness (QED) is 0.354. The van der Waals surface area contributed by atoms with Crippen LogP contribution in [0.4, 0.5) is 36.4 Å². The third-order valence-corrected chi connectivity index (χ3v) is 2.63. The number of nitro groups is 1. The first kappa shape index (κ1) is 17.9. The van der Waals surface area contributed by atoms with Gasteiger partial charge in [0, 0.05) is 18.9 Å². The van der Waals surface area contributed by atoms with Crippen LogP contribution < -0.4 is 0 Å². The van der Waals surface area contributed by atoms with Crippen molar-refractivity contribution in [1.82, 2.24) is 0 Å². The van der Waals surface area contributed by atoms with E-state index >= 15 is 0 Å². The minimum atomic E-state index is -5.92. The summed E-state index contributed by atoms with van der Waals surface area (Å²) in [7, 11) is 0. The van der Waals surface area contributed by atoms with Crippen molar-refractivity contribution in [2.75, 3.05) is 0 Å². The van der Waals surface area contributed by atoms with Crippen molar-refractivity contribution in [1.29, 1.82) is 0 Å². The number of benzene rings is 1. The standard InChI is InChI=1S/C11H6F7NO3/c12-5-1-2-6(19(21)22)9(13)8(5)7(20)3-4-10(14,15)11(16,17)18/h1-2H,3-4H2. The van der Waals surface area contributed by atoms with Crippen molar-refractivity contribution in [3.63, 3.8) is 0 Å². The Balaban J connectivity index is 3.05. The molecule has 122 valence electrons. The number of carbonyl (C=O) groups excluding carboxylic acids is 1. The van der Waals surface area contributed by atoms with Crippen molar-refractivity contribution >= 4 is 11.5 Å². The second-order valence-corrected chi connectivity index (χ2v) is 4.14. The van der Waals surface area contributed by atoms with E-state index in [2.05, 4.69) is 0 Å². The van der Waals surface area contributed by atoms with Crippen molar-refractivity contribution < 1.29 is 40.5 Å². The topological polar surface area (TPSA) is 60.2 Å². The summed E-state index contributed by atoms with van der Waals surface area (Å²) in [5.41, 5.74) is -2.82. The van der Waals surface area contributed by atoms with Crippen molar-refractivity contribution in [2.24, 2.45) is 0 Å². The lowest BCUT2D eigenvalue weighted by atomic mass is 10.0. The van der Waals surface area contributed by atoms with E-state index in [9.17, 15) is 45.6 Å². The predicted molar refractivity (Wildman–Crippen MR) is 57.6 cm³/mol. The van der Waals surface area contributed by atoms with Gasteiger partial charge in [-0.1, -0.05) is 0 Å².